The highest BCUT2D eigenvalue weighted by Crippen LogP contribution is 2.24. The molecule has 6 heteroatoms. The van der Waals surface area contributed by atoms with Crippen molar-refractivity contribution in [3.8, 4) is 5.69 Å². The zero-order valence-electron chi connectivity index (χ0n) is 11.2. The molecule has 0 saturated carbocycles. The lowest BCUT2D eigenvalue weighted by Crippen LogP contribution is -2.13. The summed E-state index contributed by atoms with van der Waals surface area (Å²) >= 11 is 1.43. The fourth-order valence-electron chi connectivity index (χ4n) is 2.08. The van der Waals surface area contributed by atoms with E-state index in [1.807, 2.05) is 54.4 Å². The van der Waals surface area contributed by atoms with Crippen LogP contribution in [0.3, 0.4) is 0 Å². The minimum Gasteiger partial charge on any atom is -0.322 e. The van der Waals surface area contributed by atoms with Crippen LogP contribution in [0, 0.1) is 13.8 Å². The summed E-state index contributed by atoms with van der Waals surface area (Å²) in [6.07, 6.45) is 3.85. The van der Waals surface area contributed by atoms with E-state index in [1.54, 1.807) is 0 Å². The molecule has 0 atom stereocenters. The van der Waals surface area contributed by atoms with Gasteiger partial charge in [-0.3, -0.25) is 9.89 Å². The van der Waals surface area contributed by atoms with Crippen LogP contribution in [0.15, 0.2) is 36.0 Å². The molecule has 3 heterocycles. The summed E-state index contributed by atoms with van der Waals surface area (Å²) < 4.78 is 1.93. The van der Waals surface area contributed by atoms with E-state index in [9.17, 15) is 4.79 Å². The summed E-state index contributed by atoms with van der Waals surface area (Å²) in [5.41, 5.74) is 3.28. The number of nitrogens with zero attached hydrogens (tertiary/aromatic N) is 2. The van der Waals surface area contributed by atoms with Gasteiger partial charge in [-0.25, -0.2) is 0 Å². The molecule has 0 bridgehead atoms. The third kappa shape index (κ3) is 2.14. The number of aryl methyl sites for hydroxylation is 2. The summed E-state index contributed by atoms with van der Waals surface area (Å²) in [5, 5.41) is 11.8. The maximum absolute atomic E-state index is 12.4. The van der Waals surface area contributed by atoms with Crippen molar-refractivity contribution in [3.05, 3.63) is 52.2 Å². The van der Waals surface area contributed by atoms with Gasteiger partial charge in [-0.1, -0.05) is 0 Å². The number of thiophene rings is 1. The molecule has 1 amide bonds. The van der Waals surface area contributed by atoms with Gasteiger partial charge in [-0.2, -0.15) is 5.10 Å². The first kappa shape index (κ1) is 12.7. The fraction of sp³-hybridized carbons (Fsp3) is 0.143. The van der Waals surface area contributed by atoms with Crippen molar-refractivity contribution in [3.63, 3.8) is 0 Å². The van der Waals surface area contributed by atoms with Crippen molar-refractivity contribution in [1.29, 1.82) is 0 Å². The number of amides is 1. The lowest BCUT2D eigenvalue weighted by Gasteiger charge is -2.07. The summed E-state index contributed by atoms with van der Waals surface area (Å²) in [6, 6.07) is 5.81. The zero-order valence-corrected chi connectivity index (χ0v) is 12.0. The number of H-pyrrole nitrogens is 1. The maximum Gasteiger partial charge on any atom is 0.267 e. The number of carbonyl (C=O) groups is 1. The molecule has 5 nitrogen and oxygen atoms in total. The lowest BCUT2D eigenvalue weighted by atomic mass is 10.3. The normalized spacial score (nSPS) is 10.7. The Morgan fingerprint density at radius 2 is 2.10 bits per heavy atom. The molecule has 2 N–H and O–H groups in total. The number of nitrogens with one attached hydrogen (secondary N) is 2. The second kappa shape index (κ2) is 4.97. The molecule has 0 radical (unpaired) electrons. The largest absolute Gasteiger partial charge is 0.322 e. The van der Waals surface area contributed by atoms with E-state index in [0.717, 1.165) is 22.8 Å². The molecule has 0 unspecified atom stereocenters. The minimum atomic E-state index is -0.115. The van der Waals surface area contributed by atoms with E-state index in [2.05, 4.69) is 15.5 Å². The van der Waals surface area contributed by atoms with Crippen LogP contribution >= 0.6 is 11.3 Å². The fourth-order valence-corrected chi connectivity index (χ4v) is 2.86. The molecule has 3 rings (SSSR count). The van der Waals surface area contributed by atoms with Gasteiger partial charge in [0.1, 0.15) is 4.88 Å². The number of carbonyl (C=O) groups excluding carboxylic acids is 1. The van der Waals surface area contributed by atoms with Gasteiger partial charge in [0.05, 0.1) is 22.8 Å². The maximum atomic E-state index is 12.4. The highest BCUT2D eigenvalue weighted by Gasteiger charge is 2.17. The van der Waals surface area contributed by atoms with Crippen LogP contribution < -0.4 is 5.32 Å². The second-order valence-corrected chi connectivity index (χ2v) is 5.40. The first-order valence-electron chi connectivity index (χ1n) is 6.20. The van der Waals surface area contributed by atoms with E-state index in [4.69, 9.17) is 0 Å². The van der Waals surface area contributed by atoms with E-state index < -0.39 is 0 Å². The zero-order chi connectivity index (χ0) is 14.1. The smallest absolute Gasteiger partial charge is 0.267 e. The molecule has 3 aromatic heterocycles. The topological polar surface area (TPSA) is 62.7 Å². The Hall–Kier alpha value is -2.34. The van der Waals surface area contributed by atoms with Gasteiger partial charge in [0.2, 0.25) is 0 Å². The number of rotatable bonds is 3. The Kier molecular flexibility index (Phi) is 3.15. The molecule has 0 fully saturated rings. The molecule has 0 aliphatic heterocycles. The van der Waals surface area contributed by atoms with Crippen molar-refractivity contribution in [2.24, 2.45) is 0 Å². The van der Waals surface area contributed by atoms with E-state index in [1.165, 1.54) is 11.3 Å². The SMILES string of the molecule is Cc1n[nH]c(C)c1NC(=O)c1sccc1-n1cccc1. The van der Waals surface area contributed by atoms with Crippen LogP contribution in [0.2, 0.25) is 0 Å². The second-order valence-electron chi connectivity index (χ2n) is 4.49. The van der Waals surface area contributed by atoms with Crippen molar-refractivity contribution in [1.82, 2.24) is 14.8 Å². The highest BCUT2D eigenvalue weighted by atomic mass is 32.1. The van der Waals surface area contributed by atoms with E-state index >= 15 is 0 Å². The predicted octanol–water partition coefficient (Wildman–Crippen LogP) is 3.13. The van der Waals surface area contributed by atoms with Crippen LogP contribution in [0.4, 0.5) is 5.69 Å². The van der Waals surface area contributed by atoms with Gasteiger partial charge in [0, 0.05) is 12.4 Å². The Bertz CT molecular complexity index is 720. The number of anilines is 1. The van der Waals surface area contributed by atoms with Gasteiger partial charge in [0.25, 0.3) is 5.91 Å². The van der Waals surface area contributed by atoms with Crippen molar-refractivity contribution >= 4 is 22.9 Å². The molecule has 0 aliphatic rings. The molecule has 0 aliphatic carbocycles. The molecule has 3 aromatic rings. The van der Waals surface area contributed by atoms with E-state index in [-0.39, 0.29) is 5.91 Å². The number of aromatic nitrogens is 3. The Balaban J connectivity index is 1.91. The summed E-state index contributed by atoms with van der Waals surface area (Å²) in [7, 11) is 0. The third-order valence-corrected chi connectivity index (χ3v) is 4.00. The van der Waals surface area contributed by atoms with Crippen LogP contribution in [0.5, 0.6) is 0 Å². The highest BCUT2D eigenvalue weighted by molar-refractivity contribution is 7.12. The van der Waals surface area contributed by atoms with E-state index in [0.29, 0.717) is 4.88 Å². The predicted molar refractivity (Wildman–Crippen MR) is 79.7 cm³/mol. The van der Waals surface area contributed by atoms with Crippen molar-refractivity contribution < 1.29 is 4.79 Å². The summed E-state index contributed by atoms with van der Waals surface area (Å²) in [6.45, 7) is 3.75. The monoisotopic (exact) mass is 286 g/mol. The molecule has 0 aromatic carbocycles. The Morgan fingerprint density at radius 3 is 2.75 bits per heavy atom. The van der Waals surface area contributed by atoms with Crippen LogP contribution in [0.25, 0.3) is 5.69 Å². The molecule has 0 spiro atoms. The Morgan fingerprint density at radius 1 is 1.35 bits per heavy atom. The molecular weight excluding hydrogens is 272 g/mol. The van der Waals surface area contributed by atoms with Gasteiger partial charge in [0.15, 0.2) is 0 Å². The van der Waals surface area contributed by atoms with Crippen molar-refractivity contribution in [2.75, 3.05) is 5.32 Å². The number of hydrogen-bond acceptors (Lipinski definition) is 3. The molecule has 20 heavy (non-hydrogen) atoms. The van der Waals surface area contributed by atoms with Crippen LogP contribution in [0.1, 0.15) is 21.1 Å². The molecular formula is C14H14N4OS. The first-order chi connectivity index (χ1) is 9.66. The number of aromatic amines is 1. The quantitative estimate of drug-likeness (QED) is 0.777. The van der Waals surface area contributed by atoms with Gasteiger partial charge < -0.3 is 9.88 Å². The van der Waals surface area contributed by atoms with Crippen molar-refractivity contribution in [2.45, 2.75) is 13.8 Å². The minimum absolute atomic E-state index is 0.115. The standard InChI is InChI=1S/C14H14N4OS/c1-9-12(10(2)17-16-9)15-14(19)13-11(5-8-20-13)18-6-3-4-7-18/h3-8H,1-2H3,(H,15,19)(H,16,17). The third-order valence-electron chi connectivity index (χ3n) is 3.10. The van der Waals surface area contributed by atoms with Crippen LogP contribution in [-0.4, -0.2) is 20.7 Å². The average Bonchev–Trinajstić information content (AvgIpc) is 3.13. The number of hydrogen-bond donors (Lipinski definition) is 2. The lowest BCUT2D eigenvalue weighted by molar-refractivity contribution is 0.103. The summed E-state index contributed by atoms with van der Waals surface area (Å²) in [4.78, 5) is 13.1. The van der Waals surface area contributed by atoms with Crippen LogP contribution in [-0.2, 0) is 0 Å². The van der Waals surface area contributed by atoms with Gasteiger partial charge >= 0.3 is 0 Å². The average molecular weight is 286 g/mol. The summed E-state index contributed by atoms with van der Waals surface area (Å²) in [5.74, 6) is -0.115. The van der Waals surface area contributed by atoms with Gasteiger partial charge in [-0.05, 0) is 37.4 Å². The van der Waals surface area contributed by atoms with Gasteiger partial charge in [-0.15, -0.1) is 11.3 Å². The first-order valence-corrected chi connectivity index (χ1v) is 7.08. The Labute approximate surface area is 120 Å². The molecule has 102 valence electrons. The molecule has 0 saturated heterocycles.